The number of sulfone groups is 1. The van der Waals surface area contributed by atoms with Gasteiger partial charge in [0.15, 0.2) is 15.7 Å². The zero-order valence-corrected chi connectivity index (χ0v) is 17.6. The standard InChI is InChI=1S/C16H12BrF5N4O3S/c1-3-30(27,28)11-4-8(29-16(17,21)22)6-24-13(11)14-25-9-5-12(15(18,19)20)23-7-10(9)26(14)2/h4-7H,3H2,1-2H3. The van der Waals surface area contributed by atoms with Gasteiger partial charge in [0.05, 0.1) is 29.2 Å². The molecule has 0 atom stereocenters. The van der Waals surface area contributed by atoms with Gasteiger partial charge < -0.3 is 9.30 Å². The van der Waals surface area contributed by atoms with Crippen LogP contribution in [0.3, 0.4) is 0 Å². The third kappa shape index (κ3) is 4.38. The number of imidazole rings is 1. The molecule has 0 radical (unpaired) electrons. The van der Waals surface area contributed by atoms with E-state index < -0.39 is 37.4 Å². The largest absolute Gasteiger partial charge is 0.459 e. The minimum absolute atomic E-state index is 0.0877. The van der Waals surface area contributed by atoms with Gasteiger partial charge in [0.1, 0.15) is 22.0 Å². The van der Waals surface area contributed by atoms with Crippen molar-refractivity contribution in [2.75, 3.05) is 5.75 Å². The van der Waals surface area contributed by atoms with Gasteiger partial charge in [-0.1, -0.05) is 6.92 Å². The van der Waals surface area contributed by atoms with Gasteiger partial charge in [-0.25, -0.2) is 23.4 Å². The molecule has 0 aliphatic carbocycles. The number of alkyl halides is 6. The van der Waals surface area contributed by atoms with Crippen LogP contribution in [0.2, 0.25) is 0 Å². The Bertz CT molecular complexity index is 1220. The zero-order chi connectivity index (χ0) is 22.5. The van der Waals surface area contributed by atoms with E-state index in [0.717, 1.165) is 24.5 Å². The number of hydrogen-bond acceptors (Lipinski definition) is 6. The van der Waals surface area contributed by atoms with Gasteiger partial charge in [-0.05, 0) is 6.07 Å². The van der Waals surface area contributed by atoms with Crippen molar-refractivity contribution in [3.05, 3.63) is 30.2 Å². The zero-order valence-electron chi connectivity index (χ0n) is 15.2. The highest BCUT2D eigenvalue weighted by atomic mass is 79.9. The lowest BCUT2D eigenvalue weighted by Gasteiger charge is -2.14. The maximum atomic E-state index is 13.1. The maximum Gasteiger partial charge on any atom is 0.459 e. The Hall–Kier alpha value is -2.35. The summed E-state index contributed by atoms with van der Waals surface area (Å²) in [4.78, 5) is 10.9. The van der Waals surface area contributed by atoms with E-state index in [1.165, 1.54) is 18.5 Å². The van der Waals surface area contributed by atoms with Crippen molar-refractivity contribution in [3.8, 4) is 17.3 Å². The molecule has 0 N–H and O–H groups in total. The Kier molecular flexibility index (Phi) is 5.52. The first kappa shape index (κ1) is 22.3. The van der Waals surface area contributed by atoms with E-state index in [-0.39, 0.29) is 28.3 Å². The summed E-state index contributed by atoms with van der Waals surface area (Å²) in [5.74, 6) is -1.01. The van der Waals surface area contributed by atoms with Gasteiger partial charge >= 0.3 is 11.2 Å². The second-order valence-corrected chi connectivity index (χ2v) is 9.19. The van der Waals surface area contributed by atoms with Crippen LogP contribution in [0.1, 0.15) is 12.6 Å². The van der Waals surface area contributed by atoms with E-state index in [2.05, 4.69) is 19.7 Å². The molecule has 14 heteroatoms. The number of fused-ring (bicyclic) bond motifs is 1. The van der Waals surface area contributed by atoms with Crippen LogP contribution in [0.5, 0.6) is 5.75 Å². The Balaban J connectivity index is 2.24. The van der Waals surface area contributed by atoms with Crippen molar-refractivity contribution >= 4 is 36.8 Å². The average molecular weight is 515 g/mol. The third-order valence-corrected chi connectivity index (χ3v) is 5.95. The fraction of sp³-hybridized carbons (Fsp3) is 0.312. The lowest BCUT2D eigenvalue weighted by molar-refractivity contribution is -0.141. The molecule has 3 rings (SSSR count). The van der Waals surface area contributed by atoms with Crippen LogP contribution in [-0.2, 0) is 23.1 Å². The molecule has 3 heterocycles. The molecule has 7 nitrogen and oxygen atoms in total. The Labute approximate surface area is 175 Å². The van der Waals surface area contributed by atoms with E-state index in [1.54, 1.807) is 0 Å². The number of aromatic nitrogens is 4. The first-order valence-corrected chi connectivity index (χ1v) is 10.6. The summed E-state index contributed by atoms with van der Waals surface area (Å²) in [5, 5.41) is -3.76. The monoisotopic (exact) mass is 514 g/mol. The molecule has 3 aromatic heterocycles. The molecule has 30 heavy (non-hydrogen) atoms. The molecule has 0 aliphatic heterocycles. The second-order valence-electron chi connectivity index (χ2n) is 6.02. The topological polar surface area (TPSA) is 87.0 Å². The predicted octanol–water partition coefficient (Wildman–Crippen LogP) is 4.17. The molecular weight excluding hydrogens is 503 g/mol. The summed E-state index contributed by atoms with van der Waals surface area (Å²) in [6.07, 6.45) is -2.88. The van der Waals surface area contributed by atoms with Crippen molar-refractivity contribution in [1.29, 1.82) is 0 Å². The molecule has 0 spiro atoms. The summed E-state index contributed by atoms with van der Waals surface area (Å²) in [6, 6.07) is 1.57. The highest BCUT2D eigenvalue weighted by molar-refractivity contribution is 9.09. The van der Waals surface area contributed by atoms with Gasteiger partial charge in [-0.15, -0.1) is 0 Å². The normalized spacial score (nSPS) is 13.1. The van der Waals surface area contributed by atoms with Crippen molar-refractivity contribution in [2.24, 2.45) is 7.05 Å². The van der Waals surface area contributed by atoms with Crippen LogP contribution in [0.15, 0.2) is 29.4 Å². The Morgan fingerprint density at radius 3 is 2.37 bits per heavy atom. The predicted molar refractivity (Wildman–Crippen MR) is 99.0 cm³/mol. The highest BCUT2D eigenvalue weighted by Gasteiger charge is 2.34. The van der Waals surface area contributed by atoms with Crippen LogP contribution < -0.4 is 4.74 Å². The summed E-state index contributed by atoms with van der Waals surface area (Å²) in [6.45, 7) is 1.33. The van der Waals surface area contributed by atoms with Gasteiger partial charge in [0.2, 0.25) is 0 Å². The van der Waals surface area contributed by atoms with Gasteiger partial charge in [0.25, 0.3) is 0 Å². The SMILES string of the molecule is CCS(=O)(=O)c1cc(OC(F)(F)Br)cnc1-c1nc2cc(C(F)(F)F)ncc2n1C. The van der Waals surface area contributed by atoms with Crippen molar-refractivity contribution in [3.63, 3.8) is 0 Å². The second kappa shape index (κ2) is 7.41. The number of pyridine rings is 2. The van der Waals surface area contributed by atoms with Crippen LogP contribution in [0, 0.1) is 0 Å². The molecule has 0 aromatic carbocycles. The molecule has 3 aromatic rings. The molecule has 162 valence electrons. The number of rotatable bonds is 5. The van der Waals surface area contributed by atoms with Crippen molar-refractivity contribution in [1.82, 2.24) is 19.5 Å². The molecule has 0 saturated carbocycles. The summed E-state index contributed by atoms with van der Waals surface area (Å²) in [5.41, 5.74) is -1.30. The van der Waals surface area contributed by atoms with Crippen LogP contribution >= 0.6 is 15.9 Å². The van der Waals surface area contributed by atoms with E-state index in [1.807, 2.05) is 15.9 Å². The number of hydrogen-bond donors (Lipinski definition) is 0. The minimum Gasteiger partial charge on any atom is -0.422 e. The van der Waals surface area contributed by atoms with Crippen molar-refractivity contribution in [2.45, 2.75) is 23.0 Å². The fourth-order valence-corrected chi connectivity index (χ4v) is 3.86. The first-order chi connectivity index (χ1) is 13.7. The summed E-state index contributed by atoms with van der Waals surface area (Å²) in [7, 11) is -2.56. The summed E-state index contributed by atoms with van der Waals surface area (Å²) >= 11 is 1.98. The molecule has 0 fully saturated rings. The molecule has 0 unspecified atom stereocenters. The van der Waals surface area contributed by atoms with E-state index in [0.29, 0.717) is 0 Å². The van der Waals surface area contributed by atoms with E-state index in [9.17, 15) is 30.4 Å². The lowest BCUT2D eigenvalue weighted by atomic mass is 10.3. The smallest absolute Gasteiger partial charge is 0.422 e. The van der Waals surface area contributed by atoms with Gasteiger partial charge in [-0.2, -0.15) is 22.0 Å². The molecule has 0 saturated heterocycles. The number of aryl methyl sites for hydroxylation is 1. The van der Waals surface area contributed by atoms with Crippen LogP contribution in [0.25, 0.3) is 22.6 Å². The highest BCUT2D eigenvalue weighted by Crippen LogP contribution is 2.34. The fourth-order valence-electron chi connectivity index (χ4n) is 2.63. The average Bonchev–Trinajstić information content (AvgIpc) is 2.96. The van der Waals surface area contributed by atoms with Gasteiger partial charge in [0, 0.05) is 29.0 Å². The van der Waals surface area contributed by atoms with Crippen LogP contribution in [-0.4, -0.2) is 38.7 Å². The molecular formula is C16H12BrF5N4O3S. The Morgan fingerprint density at radius 2 is 1.80 bits per heavy atom. The van der Waals surface area contributed by atoms with Gasteiger partial charge in [-0.3, -0.25) is 0 Å². The minimum atomic E-state index is -4.69. The lowest BCUT2D eigenvalue weighted by Crippen LogP contribution is -2.16. The third-order valence-electron chi connectivity index (χ3n) is 4.05. The number of nitrogens with zero attached hydrogens (tertiary/aromatic N) is 4. The van der Waals surface area contributed by atoms with E-state index in [4.69, 9.17) is 0 Å². The number of ether oxygens (including phenoxy) is 1. The van der Waals surface area contributed by atoms with E-state index >= 15 is 0 Å². The Morgan fingerprint density at radius 1 is 1.13 bits per heavy atom. The maximum absolute atomic E-state index is 13.1. The summed E-state index contributed by atoms with van der Waals surface area (Å²) < 4.78 is 95.6. The number of halogens is 6. The molecule has 0 aliphatic rings. The van der Waals surface area contributed by atoms with Crippen molar-refractivity contribution < 1.29 is 35.1 Å². The molecule has 0 bridgehead atoms. The first-order valence-electron chi connectivity index (χ1n) is 8.11. The van der Waals surface area contributed by atoms with Crippen LogP contribution in [0.4, 0.5) is 22.0 Å². The quantitative estimate of drug-likeness (QED) is 0.375. The molecule has 0 amide bonds.